The van der Waals surface area contributed by atoms with E-state index in [9.17, 15) is 0 Å². The lowest BCUT2D eigenvalue weighted by Crippen LogP contribution is -2.09. The fraction of sp³-hybridized carbons (Fsp3) is 0.273. The molecule has 0 aliphatic carbocycles. The summed E-state index contributed by atoms with van der Waals surface area (Å²) in [5, 5.41) is 0. The van der Waals surface area contributed by atoms with Crippen LogP contribution in [0.4, 0.5) is 5.82 Å². The van der Waals surface area contributed by atoms with Gasteiger partial charge in [0.1, 0.15) is 12.4 Å². The lowest BCUT2D eigenvalue weighted by atomic mass is 10.4. The van der Waals surface area contributed by atoms with Crippen molar-refractivity contribution in [3.05, 3.63) is 36.5 Å². The van der Waals surface area contributed by atoms with Crippen molar-refractivity contribution in [2.24, 2.45) is 0 Å². The maximum Gasteiger partial charge on any atom is 0.166 e. The second-order valence-electron chi connectivity index (χ2n) is 3.40. The first-order chi connectivity index (χ1) is 7.77. The molecular formula is C11H14N4O. The molecule has 2 heterocycles. The molecule has 2 aromatic rings. The van der Waals surface area contributed by atoms with Crippen LogP contribution < -0.4 is 10.5 Å². The zero-order chi connectivity index (χ0) is 11.4. The Labute approximate surface area is 93.9 Å². The van der Waals surface area contributed by atoms with Crippen molar-refractivity contribution in [3.63, 3.8) is 0 Å². The highest BCUT2D eigenvalue weighted by molar-refractivity contribution is 5.44. The van der Waals surface area contributed by atoms with Crippen LogP contribution in [-0.2, 0) is 6.54 Å². The van der Waals surface area contributed by atoms with Gasteiger partial charge in [0.25, 0.3) is 0 Å². The van der Waals surface area contributed by atoms with E-state index >= 15 is 0 Å². The topological polar surface area (TPSA) is 66.0 Å². The van der Waals surface area contributed by atoms with Gasteiger partial charge in [-0.15, -0.1) is 0 Å². The number of imidazole rings is 1. The Morgan fingerprint density at radius 2 is 2.25 bits per heavy atom. The number of anilines is 1. The molecule has 0 aliphatic rings. The van der Waals surface area contributed by atoms with Gasteiger partial charge < -0.3 is 15.0 Å². The third kappa shape index (κ3) is 2.31. The van der Waals surface area contributed by atoms with Gasteiger partial charge in [0, 0.05) is 18.6 Å². The minimum atomic E-state index is 0.421. The lowest BCUT2D eigenvalue weighted by Gasteiger charge is -2.08. The van der Waals surface area contributed by atoms with Gasteiger partial charge in [0.2, 0.25) is 0 Å². The number of nitrogens with two attached hydrogens (primary N) is 1. The highest BCUT2D eigenvalue weighted by Crippen LogP contribution is 2.16. The molecule has 2 N–H and O–H groups in total. The molecule has 0 saturated heterocycles. The van der Waals surface area contributed by atoms with Crippen LogP contribution in [0.25, 0.3) is 0 Å². The Kier molecular flexibility index (Phi) is 3.05. The highest BCUT2D eigenvalue weighted by atomic mass is 16.5. The van der Waals surface area contributed by atoms with Crippen LogP contribution in [0.3, 0.4) is 0 Å². The number of hydrogen-bond acceptors (Lipinski definition) is 4. The highest BCUT2D eigenvalue weighted by Gasteiger charge is 2.00. The largest absolute Gasteiger partial charge is 0.488 e. The Balaban J connectivity index is 1.89. The van der Waals surface area contributed by atoms with Crippen molar-refractivity contribution in [1.82, 2.24) is 14.5 Å². The number of ether oxygens (including phenoxy) is 1. The minimum absolute atomic E-state index is 0.421. The number of nitrogen functional groups attached to an aromatic ring is 1. The fourth-order valence-electron chi connectivity index (χ4n) is 1.42. The molecule has 0 spiro atoms. The maximum absolute atomic E-state index is 5.65. The van der Waals surface area contributed by atoms with Gasteiger partial charge in [-0.25, -0.2) is 9.97 Å². The Hall–Kier alpha value is -2.04. The molecule has 0 aliphatic heterocycles. The molecule has 5 nitrogen and oxygen atoms in total. The molecule has 0 radical (unpaired) electrons. The van der Waals surface area contributed by atoms with E-state index in [1.54, 1.807) is 18.5 Å². The summed E-state index contributed by atoms with van der Waals surface area (Å²) in [6, 6.07) is 3.61. The SMILES string of the molecule is Cc1nccn1CCOc1cccnc1N. The smallest absolute Gasteiger partial charge is 0.166 e. The fourth-order valence-corrected chi connectivity index (χ4v) is 1.42. The Morgan fingerprint density at radius 1 is 1.38 bits per heavy atom. The number of rotatable bonds is 4. The third-order valence-electron chi connectivity index (χ3n) is 2.31. The summed E-state index contributed by atoms with van der Waals surface area (Å²) in [6.45, 7) is 3.26. The molecule has 0 fully saturated rings. The van der Waals surface area contributed by atoms with Gasteiger partial charge in [0.05, 0.1) is 6.54 Å². The van der Waals surface area contributed by atoms with E-state index in [4.69, 9.17) is 10.5 Å². The van der Waals surface area contributed by atoms with Gasteiger partial charge in [-0.1, -0.05) is 0 Å². The zero-order valence-corrected chi connectivity index (χ0v) is 9.13. The van der Waals surface area contributed by atoms with E-state index in [0.717, 1.165) is 12.4 Å². The average molecular weight is 218 g/mol. The predicted octanol–water partition coefficient (Wildman–Crippen LogP) is 1.25. The average Bonchev–Trinajstić information content (AvgIpc) is 2.67. The van der Waals surface area contributed by atoms with E-state index in [0.29, 0.717) is 18.2 Å². The van der Waals surface area contributed by atoms with E-state index in [1.165, 1.54) is 0 Å². The molecule has 84 valence electrons. The van der Waals surface area contributed by atoms with Crippen molar-refractivity contribution < 1.29 is 4.74 Å². The second-order valence-corrected chi connectivity index (χ2v) is 3.40. The summed E-state index contributed by atoms with van der Waals surface area (Å²) < 4.78 is 7.55. The number of aromatic nitrogens is 3. The van der Waals surface area contributed by atoms with Gasteiger partial charge in [0.15, 0.2) is 11.6 Å². The van der Waals surface area contributed by atoms with Crippen LogP contribution in [0, 0.1) is 6.92 Å². The Morgan fingerprint density at radius 3 is 2.94 bits per heavy atom. The summed E-state index contributed by atoms with van der Waals surface area (Å²) in [7, 11) is 0. The van der Waals surface area contributed by atoms with Crippen molar-refractivity contribution >= 4 is 5.82 Å². The normalized spacial score (nSPS) is 10.3. The quantitative estimate of drug-likeness (QED) is 0.838. The lowest BCUT2D eigenvalue weighted by molar-refractivity contribution is 0.297. The zero-order valence-electron chi connectivity index (χ0n) is 9.13. The molecule has 0 saturated carbocycles. The third-order valence-corrected chi connectivity index (χ3v) is 2.31. The van der Waals surface area contributed by atoms with Crippen molar-refractivity contribution in [3.8, 4) is 5.75 Å². The van der Waals surface area contributed by atoms with Gasteiger partial charge >= 0.3 is 0 Å². The summed E-state index contributed by atoms with van der Waals surface area (Å²) in [5.74, 6) is 2.02. The summed E-state index contributed by atoms with van der Waals surface area (Å²) in [6.07, 6.45) is 5.33. The molecule has 2 rings (SSSR count). The van der Waals surface area contributed by atoms with Crippen LogP contribution >= 0.6 is 0 Å². The van der Waals surface area contributed by atoms with Gasteiger partial charge in [-0.2, -0.15) is 0 Å². The Bertz CT molecular complexity index is 467. The first-order valence-electron chi connectivity index (χ1n) is 5.08. The van der Waals surface area contributed by atoms with E-state index in [1.807, 2.05) is 23.8 Å². The molecule has 0 amide bonds. The molecule has 0 aromatic carbocycles. The van der Waals surface area contributed by atoms with Crippen LogP contribution in [-0.4, -0.2) is 21.1 Å². The number of hydrogen-bond donors (Lipinski definition) is 1. The molecule has 5 heteroatoms. The second kappa shape index (κ2) is 4.65. The van der Waals surface area contributed by atoms with Crippen LogP contribution in [0.5, 0.6) is 5.75 Å². The molecule has 16 heavy (non-hydrogen) atoms. The molecule has 2 aromatic heterocycles. The van der Waals surface area contributed by atoms with E-state index in [2.05, 4.69) is 9.97 Å². The maximum atomic E-state index is 5.65. The molecule has 0 atom stereocenters. The first-order valence-corrected chi connectivity index (χ1v) is 5.08. The molecule has 0 unspecified atom stereocenters. The van der Waals surface area contributed by atoms with E-state index < -0.39 is 0 Å². The van der Waals surface area contributed by atoms with Crippen molar-refractivity contribution in [2.75, 3.05) is 12.3 Å². The van der Waals surface area contributed by atoms with Gasteiger partial charge in [-0.3, -0.25) is 0 Å². The van der Waals surface area contributed by atoms with Crippen molar-refractivity contribution in [1.29, 1.82) is 0 Å². The van der Waals surface area contributed by atoms with E-state index in [-0.39, 0.29) is 0 Å². The standard InChI is InChI=1S/C11H14N4O/c1-9-13-5-6-15(9)7-8-16-10-3-2-4-14-11(10)12/h2-6H,7-8H2,1H3,(H2,12,14). The van der Waals surface area contributed by atoms with Gasteiger partial charge in [-0.05, 0) is 19.1 Å². The van der Waals surface area contributed by atoms with Crippen LogP contribution in [0.2, 0.25) is 0 Å². The molecule has 0 bridgehead atoms. The van der Waals surface area contributed by atoms with Crippen molar-refractivity contribution in [2.45, 2.75) is 13.5 Å². The number of pyridine rings is 1. The summed E-state index contributed by atoms with van der Waals surface area (Å²) in [4.78, 5) is 8.08. The molecular weight excluding hydrogens is 204 g/mol. The predicted molar refractivity (Wildman–Crippen MR) is 61.1 cm³/mol. The minimum Gasteiger partial charge on any atom is -0.488 e. The number of aryl methyl sites for hydroxylation is 1. The number of nitrogens with zero attached hydrogens (tertiary/aromatic N) is 3. The van der Waals surface area contributed by atoms with Crippen LogP contribution in [0.1, 0.15) is 5.82 Å². The summed E-state index contributed by atoms with van der Waals surface area (Å²) >= 11 is 0. The first kappa shape index (κ1) is 10.5. The van der Waals surface area contributed by atoms with Crippen LogP contribution in [0.15, 0.2) is 30.7 Å². The monoisotopic (exact) mass is 218 g/mol. The summed E-state index contributed by atoms with van der Waals surface area (Å²) in [5.41, 5.74) is 5.65.